The predicted molar refractivity (Wildman–Crippen MR) is 67.6 cm³/mol. The molecule has 1 aromatic carbocycles. The summed E-state index contributed by atoms with van der Waals surface area (Å²) in [6, 6.07) is 5.50. The van der Waals surface area contributed by atoms with E-state index in [1.807, 2.05) is 0 Å². The summed E-state index contributed by atoms with van der Waals surface area (Å²) >= 11 is 17.7. The van der Waals surface area contributed by atoms with Crippen molar-refractivity contribution < 1.29 is 4.74 Å². The Morgan fingerprint density at radius 3 is 2.59 bits per heavy atom. The Labute approximate surface area is 113 Å². The summed E-state index contributed by atoms with van der Waals surface area (Å²) in [6.45, 7) is 0.336. The molecular weight excluding hydrogens is 284 g/mol. The van der Waals surface area contributed by atoms with E-state index >= 15 is 0 Å². The van der Waals surface area contributed by atoms with Crippen molar-refractivity contribution in [2.24, 2.45) is 0 Å². The number of aromatic nitrogens is 3. The zero-order chi connectivity index (χ0) is 12.3. The molecule has 0 saturated carbocycles. The number of hydrogen-bond acceptors (Lipinski definition) is 3. The average molecular weight is 293 g/mol. The van der Waals surface area contributed by atoms with Gasteiger partial charge in [0, 0.05) is 0 Å². The van der Waals surface area contributed by atoms with E-state index in [-0.39, 0.29) is 0 Å². The van der Waals surface area contributed by atoms with Gasteiger partial charge in [-0.05, 0) is 12.1 Å². The molecule has 1 aromatic heterocycles. The number of halogens is 3. The van der Waals surface area contributed by atoms with Crippen LogP contribution in [-0.2, 0) is 0 Å². The highest BCUT2D eigenvalue weighted by atomic mass is 35.5. The molecule has 0 atom stereocenters. The Morgan fingerprint density at radius 2 is 1.94 bits per heavy atom. The van der Waals surface area contributed by atoms with Crippen molar-refractivity contribution in [1.29, 1.82) is 0 Å². The molecule has 0 bridgehead atoms. The van der Waals surface area contributed by atoms with Crippen molar-refractivity contribution in [2.75, 3.05) is 12.5 Å². The van der Waals surface area contributed by atoms with Crippen LogP contribution >= 0.6 is 34.8 Å². The molecule has 7 heteroatoms. The van der Waals surface area contributed by atoms with Gasteiger partial charge in [-0.25, -0.2) is 0 Å². The normalized spacial score (nSPS) is 10.5. The largest absolute Gasteiger partial charge is 0.462 e. The third-order valence-corrected chi connectivity index (χ3v) is 2.74. The zero-order valence-electron chi connectivity index (χ0n) is 8.61. The maximum atomic E-state index is 6.07. The van der Waals surface area contributed by atoms with Crippen molar-refractivity contribution >= 4 is 34.8 Å². The van der Waals surface area contributed by atoms with Gasteiger partial charge in [0.25, 0.3) is 0 Å². The lowest BCUT2D eigenvalue weighted by Gasteiger charge is -2.09. The van der Waals surface area contributed by atoms with Crippen molar-refractivity contribution in [3.63, 3.8) is 0 Å². The van der Waals surface area contributed by atoms with Gasteiger partial charge in [0.05, 0.1) is 15.9 Å². The molecule has 4 nitrogen and oxygen atoms in total. The van der Waals surface area contributed by atoms with Crippen molar-refractivity contribution in [3.8, 4) is 11.7 Å². The highest BCUT2D eigenvalue weighted by Crippen LogP contribution is 2.29. The van der Waals surface area contributed by atoms with Crippen LogP contribution in [0.15, 0.2) is 24.5 Å². The Hall–Kier alpha value is -0.970. The van der Waals surface area contributed by atoms with Crippen LogP contribution in [0, 0.1) is 0 Å². The molecule has 0 fully saturated rings. The number of alkyl halides is 1. The molecule has 1 heterocycles. The average Bonchev–Trinajstić information content (AvgIpc) is 2.74. The molecule has 0 aliphatic heterocycles. The fraction of sp³-hybridized carbons (Fsp3) is 0.200. The van der Waals surface area contributed by atoms with Crippen LogP contribution in [0.4, 0.5) is 0 Å². The van der Waals surface area contributed by atoms with Crippen LogP contribution in [0.25, 0.3) is 5.69 Å². The van der Waals surface area contributed by atoms with E-state index in [0.717, 1.165) is 0 Å². The number of benzene rings is 1. The molecule has 17 heavy (non-hydrogen) atoms. The number of hydrogen-bond donors (Lipinski definition) is 0. The highest BCUT2D eigenvalue weighted by Gasteiger charge is 2.14. The van der Waals surface area contributed by atoms with Crippen molar-refractivity contribution in [3.05, 3.63) is 34.6 Å². The van der Waals surface area contributed by atoms with E-state index < -0.39 is 0 Å². The fourth-order valence-corrected chi connectivity index (χ4v) is 1.94. The van der Waals surface area contributed by atoms with Crippen LogP contribution in [0.2, 0.25) is 10.0 Å². The molecule has 0 aliphatic carbocycles. The smallest absolute Gasteiger partial charge is 0.319 e. The second-order valence-corrected chi connectivity index (χ2v) is 4.25. The van der Waals surface area contributed by atoms with Gasteiger partial charge in [0.2, 0.25) is 0 Å². The van der Waals surface area contributed by atoms with Crippen LogP contribution in [0.3, 0.4) is 0 Å². The van der Waals surface area contributed by atoms with Crippen molar-refractivity contribution in [2.45, 2.75) is 0 Å². The molecule has 0 saturated heterocycles. The van der Waals surface area contributed by atoms with E-state index in [9.17, 15) is 0 Å². The lowest BCUT2D eigenvalue weighted by molar-refractivity contribution is 0.306. The minimum atomic E-state index is 0.306. The summed E-state index contributed by atoms with van der Waals surface area (Å²) in [5.74, 6) is 0.364. The summed E-state index contributed by atoms with van der Waals surface area (Å²) < 4.78 is 6.77. The molecular formula is C10H8Cl3N3O. The summed E-state index contributed by atoms with van der Waals surface area (Å²) in [7, 11) is 0. The summed E-state index contributed by atoms with van der Waals surface area (Å²) in [4.78, 5) is 3.97. The Balaban J connectivity index is 2.43. The maximum Gasteiger partial charge on any atom is 0.319 e. The lowest BCUT2D eigenvalue weighted by atomic mass is 10.3. The third kappa shape index (κ3) is 2.65. The SMILES string of the molecule is ClCCOc1ncnn1-c1c(Cl)cccc1Cl. The Bertz CT molecular complexity index is 495. The molecule has 2 aromatic rings. The Kier molecular flexibility index (Phi) is 4.10. The van der Waals surface area contributed by atoms with E-state index in [1.54, 1.807) is 18.2 Å². The molecule has 0 unspecified atom stereocenters. The van der Waals surface area contributed by atoms with Gasteiger partial charge in [-0.2, -0.15) is 14.8 Å². The van der Waals surface area contributed by atoms with Gasteiger partial charge < -0.3 is 4.74 Å². The first-order valence-electron chi connectivity index (χ1n) is 4.77. The molecule has 0 aliphatic rings. The second kappa shape index (κ2) is 5.58. The van der Waals surface area contributed by atoms with Gasteiger partial charge in [-0.3, -0.25) is 0 Å². The molecule has 0 N–H and O–H groups in total. The predicted octanol–water partition coefficient (Wildman–Crippen LogP) is 3.19. The number of para-hydroxylation sites is 1. The Morgan fingerprint density at radius 1 is 1.24 bits per heavy atom. The van der Waals surface area contributed by atoms with Gasteiger partial charge in [-0.1, -0.05) is 29.3 Å². The first kappa shape index (κ1) is 12.5. The van der Waals surface area contributed by atoms with Gasteiger partial charge >= 0.3 is 6.01 Å². The standard InChI is InChI=1S/C10H8Cl3N3O/c11-4-5-17-10-14-6-15-16(10)9-7(12)2-1-3-8(9)13/h1-3,6H,4-5H2. The minimum absolute atomic E-state index is 0.306. The quantitative estimate of drug-likeness (QED) is 0.813. The zero-order valence-corrected chi connectivity index (χ0v) is 10.9. The fourth-order valence-electron chi connectivity index (χ4n) is 1.30. The van der Waals surface area contributed by atoms with Gasteiger partial charge in [0.15, 0.2) is 0 Å². The first-order valence-corrected chi connectivity index (χ1v) is 6.06. The summed E-state index contributed by atoms with van der Waals surface area (Å²) in [5.41, 5.74) is 0.540. The molecule has 90 valence electrons. The van der Waals surface area contributed by atoms with Crippen LogP contribution < -0.4 is 4.74 Å². The topological polar surface area (TPSA) is 39.9 Å². The third-order valence-electron chi connectivity index (χ3n) is 1.97. The van der Waals surface area contributed by atoms with E-state index in [0.29, 0.717) is 34.2 Å². The summed E-state index contributed by atoms with van der Waals surface area (Å²) in [6.07, 6.45) is 1.36. The monoisotopic (exact) mass is 291 g/mol. The van der Waals surface area contributed by atoms with Crippen LogP contribution in [0.5, 0.6) is 6.01 Å². The van der Waals surface area contributed by atoms with Crippen molar-refractivity contribution in [1.82, 2.24) is 14.8 Å². The summed E-state index contributed by atoms with van der Waals surface area (Å²) in [5, 5.41) is 4.97. The van der Waals surface area contributed by atoms with Crippen LogP contribution in [0.1, 0.15) is 0 Å². The lowest BCUT2D eigenvalue weighted by Crippen LogP contribution is -2.06. The number of ether oxygens (including phenoxy) is 1. The number of rotatable bonds is 4. The molecule has 0 amide bonds. The molecule has 2 rings (SSSR count). The maximum absolute atomic E-state index is 6.07. The van der Waals surface area contributed by atoms with Crippen LogP contribution in [-0.4, -0.2) is 27.3 Å². The first-order chi connectivity index (χ1) is 8.24. The molecule has 0 spiro atoms. The van der Waals surface area contributed by atoms with E-state index in [2.05, 4.69) is 10.1 Å². The van der Waals surface area contributed by atoms with Gasteiger partial charge in [-0.15, -0.1) is 11.6 Å². The van der Waals surface area contributed by atoms with E-state index in [4.69, 9.17) is 39.5 Å². The minimum Gasteiger partial charge on any atom is -0.462 e. The molecule has 0 radical (unpaired) electrons. The highest BCUT2D eigenvalue weighted by molar-refractivity contribution is 6.37. The van der Waals surface area contributed by atoms with Gasteiger partial charge in [0.1, 0.15) is 18.6 Å². The number of nitrogens with zero attached hydrogens (tertiary/aromatic N) is 3. The van der Waals surface area contributed by atoms with E-state index in [1.165, 1.54) is 11.0 Å². The second-order valence-electron chi connectivity index (χ2n) is 3.06.